The third-order valence-corrected chi connectivity index (χ3v) is 12.9. The zero-order chi connectivity index (χ0) is 56.6. The number of thioether (sulfide) groups is 3. The summed E-state index contributed by atoms with van der Waals surface area (Å²) in [6.45, 7) is 23.5. The number of benzene rings is 2. The number of allylic oxidation sites excluding steroid dienone is 4. The minimum absolute atomic E-state index is 0.00768. The summed E-state index contributed by atoms with van der Waals surface area (Å²) in [4.78, 5) is 98.5. The highest BCUT2D eigenvalue weighted by atomic mass is 32.2. The second-order valence-electron chi connectivity index (χ2n) is 21.9. The Hall–Kier alpha value is -5.14. The lowest BCUT2D eigenvalue weighted by molar-refractivity contribution is -0.141. The second kappa shape index (κ2) is 28.8. The Morgan fingerprint density at radius 2 is 1.07 bits per heavy atom. The minimum Gasteiger partial charge on any atom is -0.493 e. The Labute approximate surface area is 455 Å². The van der Waals surface area contributed by atoms with Crippen LogP contribution in [0.4, 0.5) is 9.59 Å². The van der Waals surface area contributed by atoms with Crippen molar-refractivity contribution in [1.29, 1.82) is 0 Å². The van der Waals surface area contributed by atoms with Gasteiger partial charge in [-0.25, -0.2) is 19.2 Å². The molecule has 2 aromatic carbocycles. The van der Waals surface area contributed by atoms with Gasteiger partial charge in [-0.05, 0) is 143 Å². The van der Waals surface area contributed by atoms with Crippen LogP contribution in [0.3, 0.4) is 0 Å². The van der Waals surface area contributed by atoms with Crippen molar-refractivity contribution in [3.8, 4) is 23.0 Å². The predicted octanol–water partition coefficient (Wildman–Crippen LogP) is 11.7. The molecule has 19 heteroatoms. The number of hydrogen-bond donors (Lipinski definition) is 2. The number of methoxy groups -OCH3 is 1. The summed E-state index contributed by atoms with van der Waals surface area (Å²) in [5, 5.41) is 5.10. The quantitative estimate of drug-likeness (QED) is 0.0349. The molecule has 0 radical (unpaired) electrons. The highest BCUT2D eigenvalue weighted by Crippen LogP contribution is 2.43. The van der Waals surface area contributed by atoms with Crippen molar-refractivity contribution in [2.45, 2.75) is 158 Å². The van der Waals surface area contributed by atoms with Gasteiger partial charge >= 0.3 is 30.1 Å². The molecule has 1 unspecified atom stereocenters. The van der Waals surface area contributed by atoms with Gasteiger partial charge in [0.2, 0.25) is 5.43 Å². The number of carbonyl (C=O) groups is 6. The number of Topliss-reactive ketones (excluding diaryl/α,β-unsaturated/α-hetero) is 1. The van der Waals surface area contributed by atoms with Gasteiger partial charge in [-0.1, -0.05) is 44.1 Å². The van der Waals surface area contributed by atoms with E-state index in [2.05, 4.69) is 10.6 Å². The lowest BCUT2D eigenvalue weighted by atomic mass is 9.86. The molecule has 416 valence electrons. The molecule has 3 aromatic rings. The van der Waals surface area contributed by atoms with E-state index < -0.39 is 64.7 Å². The summed E-state index contributed by atoms with van der Waals surface area (Å²) in [5.74, 6) is -2.59. The van der Waals surface area contributed by atoms with Crippen LogP contribution in [0.2, 0.25) is 0 Å². The van der Waals surface area contributed by atoms with E-state index in [1.54, 1.807) is 41.5 Å². The number of rotatable bonds is 25. The van der Waals surface area contributed by atoms with Crippen molar-refractivity contribution >= 4 is 93.1 Å². The molecule has 2 amide bonds. The Balaban J connectivity index is 2.57. The van der Waals surface area contributed by atoms with Crippen molar-refractivity contribution in [3.63, 3.8) is 0 Å². The maximum absolute atomic E-state index is 15.6. The monoisotopic (exact) mass is 1100 g/mol. The van der Waals surface area contributed by atoms with Crippen LogP contribution < -0.4 is 35.0 Å². The molecule has 1 heterocycles. The predicted molar refractivity (Wildman–Crippen MR) is 302 cm³/mol. The molecule has 75 heavy (non-hydrogen) atoms. The summed E-state index contributed by atoms with van der Waals surface area (Å²) in [7, 11) is 1.36. The van der Waals surface area contributed by atoms with Crippen molar-refractivity contribution in [2.75, 3.05) is 43.1 Å². The smallest absolute Gasteiger partial charge is 0.408 e. The first-order chi connectivity index (χ1) is 34.9. The number of alkyl carbamates (subject to hydrolysis) is 2. The highest BCUT2D eigenvalue weighted by Gasteiger charge is 2.34. The van der Waals surface area contributed by atoms with E-state index in [4.69, 9.17) is 32.8 Å². The van der Waals surface area contributed by atoms with E-state index in [1.807, 2.05) is 79.4 Å². The summed E-state index contributed by atoms with van der Waals surface area (Å²) in [5.41, 5.74) is -0.844. The van der Waals surface area contributed by atoms with Crippen LogP contribution in [0.15, 0.2) is 44.6 Å². The number of nitrogens with one attached hydrogen (secondary N) is 2. The molecule has 0 aliphatic carbocycles. The molecule has 0 saturated carbocycles. The first kappa shape index (κ1) is 64.1. The van der Waals surface area contributed by atoms with Gasteiger partial charge in [-0.3, -0.25) is 14.4 Å². The Bertz CT molecular complexity index is 2650. The molecule has 3 atom stereocenters. The summed E-state index contributed by atoms with van der Waals surface area (Å²) in [6, 6.07) is 0.325. The third-order valence-electron chi connectivity index (χ3n) is 10.9. The summed E-state index contributed by atoms with van der Waals surface area (Å²) in [6.07, 6.45) is 8.40. The largest absolute Gasteiger partial charge is 0.493 e. The molecule has 0 aliphatic rings. The maximum Gasteiger partial charge on any atom is 0.408 e. The van der Waals surface area contributed by atoms with Crippen molar-refractivity contribution < 1.29 is 61.6 Å². The molecule has 0 aliphatic heterocycles. The van der Waals surface area contributed by atoms with Crippen LogP contribution in [0.1, 0.15) is 133 Å². The number of hydrogen-bond acceptors (Lipinski definition) is 17. The number of ether oxygens (including phenoxy) is 6. The fraction of sp³-hybridized carbons (Fsp3) is 0.589. The Kier molecular flexibility index (Phi) is 24.7. The minimum atomic E-state index is -1.20. The van der Waals surface area contributed by atoms with Crippen LogP contribution >= 0.6 is 35.3 Å². The summed E-state index contributed by atoms with van der Waals surface area (Å²) >= 11 is 4.42. The molecule has 0 fully saturated rings. The Morgan fingerprint density at radius 1 is 0.613 bits per heavy atom. The molecule has 16 nitrogen and oxygen atoms in total. The average molecular weight is 1100 g/mol. The highest BCUT2D eigenvalue weighted by molar-refractivity contribution is 7.98. The average Bonchev–Trinajstić information content (AvgIpc) is 3.27. The molecule has 0 bridgehead atoms. The fourth-order valence-corrected chi connectivity index (χ4v) is 9.07. The molecule has 0 saturated heterocycles. The van der Waals surface area contributed by atoms with Gasteiger partial charge in [-0.15, -0.1) is 0 Å². The molecule has 2 N–H and O–H groups in total. The fourth-order valence-electron chi connectivity index (χ4n) is 7.61. The van der Waals surface area contributed by atoms with Crippen LogP contribution in [0.25, 0.3) is 21.9 Å². The lowest BCUT2D eigenvalue weighted by Gasteiger charge is -2.24. The van der Waals surface area contributed by atoms with Crippen LogP contribution in [0.5, 0.6) is 23.0 Å². The van der Waals surface area contributed by atoms with E-state index in [1.165, 1.54) is 54.5 Å². The maximum atomic E-state index is 15.6. The molecule has 1 aromatic heterocycles. The van der Waals surface area contributed by atoms with Gasteiger partial charge in [0, 0.05) is 36.1 Å². The summed E-state index contributed by atoms with van der Waals surface area (Å²) < 4.78 is 42.3. The lowest BCUT2D eigenvalue weighted by Crippen LogP contribution is -2.45. The van der Waals surface area contributed by atoms with Gasteiger partial charge < -0.3 is 43.5 Å². The second-order valence-corrected chi connectivity index (χ2v) is 24.9. The zero-order valence-corrected chi connectivity index (χ0v) is 49.5. The van der Waals surface area contributed by atoms with Gasteiger partial charge in [0.1, 0.15) is 51.4 Å². The number of ketones is 1. The van der Waals surface area contributed by atoms with E-state index in [0.29, 0.717) is 17.3 Å². The van der Waals surface area contributed by atoms with Crippen LogP contribution in [-0.2, 0) is 41.5 Å². The first-order valence-electron chi connectivity index (χ1n) is 25.0. The molecule has 0 spiro atoms. The van der Waals surface area contributed by atoms with Crippen molar-refractivity contribution in [3.05, 3.63) is 56.8 Å². The third kappa shape index (κ3) is 20.7. The number of esters is 3. The topological polar surface area (TPSA) is 212 Å². The van der Waals surface area contributed by atoms with E-state index in [0.717, 1.165) is 11.1 Å². The van der Waals surface area contributed by atoms with Crippen LogP contribution in [-0.4, -0.2) is 102 Å². The van der Waals surface area contributed by atoms with E-state index >= 15 is 4.79 Å². The normalized spacial score (nSPS) is 13.0. The molecule has 3 rings (SSSR count). The standard InChI is InChI=1S/C56H80N2O14S3/c1-32(2)18-20-36-40(68-50(62)38(23-26-74-16)57-52(64)71-55(8,9)10)29-42-45(48(36)70-49(61)34(22-25-73-15)28-35(59)31-54(5,6)7)46(60)44-37(21-19-33(3)4)47(66-14)43(30-41(44)67-42)69-51(63)39(24-27-75-17)58-53(65)72-56(11,12)13/h18-19,29-30,34,38-39H,20-28,31H2,1-17H3,(H,57,64)(H,58,65)/t34-,38?,39+/m0/s1. The number of amides is 2. The van der Waals surface area contributed by atoms with Crippen molar-refractivity contribution in [1.82, 2.24) is 10.6 Å². The first-order valence-corrected chi connectivity index (χ1v) is 29.2. The number of fused-ring (bicyclic) bond motifs is 2. The van der Waals surface area contributed by atoms with Gasteiger partial charge in [0.05, 0.1) is 18.4 Å². The van der Waals surface area contributed by atoms with E-state index in [-0.39, 0.29) is 112 Å². The van der Waals surface area contributed by atoms with Gasteiger partial charge in [-0.2, -0.15) is 35.3 Å². The zero-order valence-electron chi connectivity index (χ0n) is 47.1. The SMILES string of the molecule is COc1c(OC(=O)[C@@H](CCSC)NC(=O)OC(C)(C)C)cc2oc3cc(OC(=O)C(CCSC)NC(=O)OC(C)(C)C)c(CC=C(C)C)c(OC(=O)[C@@H](CCSC)CC(=O)CC(C)(C)C)c3c(=O)c2c1CC=C(C)C. The van der Waals surface area contributed by atoms with E-state index in [9.17, 15) is 28.8 Å². The van der Waals surface area contributed by atoms with Gasteiger partial charge in [0.25, 0.3) is 0 Å². The van der Waals surface area contributed by atoms with Crippen LogP contribution in [0, 0.1) is 11.3 Å². The molecular weight excluding hydrogens is 1020 g/mol. The number of carbonyl (C=O) groups excluding carboxylic acids is 6. The molecular formula is C56H80N2O14S3. The van der Waals surface area contributed by atoms with Gasteiger partial charge in [0.15, 0.2) is 17.2 Å². The Morgan fingerprint density at radius 3 is 1.52 bits per heavy atom. The van der Waals surface area contributed by atoms with Crippen molar-refractivity contribution in [2.24, 2.45) is 11.3 Å².